The van der Waals surface area contributed by atoms with Crippen LogP contribution in [0.15, 0.2) is 54.6 Å². The highest BCUT2D eigenvalue weighted by atomic mass is 16.5. The van der Waals surface area contributed by atoms with E-state index in [0.29, 0.717) is 18.7 Å². The molecule has 1 aliphatic heterocycles. The predicted molar refractivity (Wildman–Crippen MR) is 108 cm³/mol. The third kappa shape index (κ3) is 3.58. The van der Waals surface area contributed by atoms with Crippen molar-refractivity contribution in [1.29, 1.82) is 0 Å². The molecule has 0 spiro atoms. The second-order valence-electron chi connectivity index (χ2n) is 7.41. The Labute approximate surface area is 159 Å². The largest absolute Gasteiger partial charge is 0.372 e. The maximum absolute atomic E-state index is 13.4. The Kier molecular flexibility index (Phi) is 4.66. The molecule has 4 rings (SSSR count). The van der Waals surface area contributed by atoms with Crippen molar-refractivity contribution >= 4 is 16.8 Å². The van der Waals surface area contributed by atoms with Crippen molar-refractivity contribution in [2.24, 2.45) is 0 Å². The molecule has 1 amide bonds. The molecular weight excluding hydrogens is 336 g/mol. The fraction of sp³-hybridized carbons (Fsp3) is 0.304. The van der Waals surface area contributed by atoms with Crippen molar-refractivity contribution in [3.05, 3.63) is 65.7 Å². The van der Waals surface area contributed by atoms with Crippen LogP contribution in [0, 0.1) is 6.92 Å². The van der Waals surface area contributed by atoms with E-state index in [1.54, 1.807) is 0 Å². The summed E-state index contributed by atoms with van der Waals surface area (Å²) in [5.41, 5.74) is 4.59. The smallest absolute Gasteiger partial charge is 0.254 e. The number of carbonyl (C=O) groups excluding carboxylic acids is 1. The van der Waals surface area contributed by atoms with Gasteiger partial charge in [-0.15, -0.1) is 0 Å². The first-order valence-corrected chi connectivity index (χ1v) is 9.43. The highest BCUT2D eigenvalue weighted by Crippen LogP contribution is 2.27. The van der Waals surface area contributed by atoms with E-state index < -0.39 is 0 Å². The molecule has 4 nitrogen and oxygen atoms in total. The first-order chi connectivity index (χ1) is 13.0. The zero-order valence-electron chi connectivity index (χ0n) is 16.0. The summed E-state index contributed by atoms with van der Waals surface area (Å²) in [5, 5.41) is 0.894. The van der Waals surface area contributed by atoms with Gasteiger partial charge in [0.1, 0.15) is 0 Å². The number of hydrogen-bond donors (Lipinski definition) is 0. The molecule has 0 N–H and O–H groups in total. The van der Waals surface area contributed by atoms with Gasteiger partial charge >= 0.3 is 0 Å². The Bertz CT molecular complexity index is 971. The summed E-state index contributed by atoms with van der Waals surface area (Å²) in [6.45, 7) is 7.31. The second kappa shape index (κ2) is 7.12. The van der Waals surface area contributed by atoms with Gasteiger partial charge in [-0.05, 0) is 32.9 Å². The van der Waals surface area contributed by atoms with E-state index in [2.05, 4.69) is 31.2 Å². The number of aryl methyl sites for hydroxylation is 1. The molecule has 0 aliphatic carbocycles. The van der Waals surface area contributed by atoms with Gasteiger partial charge in [0.05, 0.1) is 29.0 Å². The van der Waals surface area contributed by atoms with Crippen LogP contribution < -0.4 is 0 Å². The second-order valence-corrected chi connectivity index (χ2v) is 7.41. The van der Waals surface area contributed by atoms with E-state index in [1.165, 1.54) is 5.56 Å². The number of hydrogen-bond acceptors (Lipinski definition) is 3. The first kappa shape index (κ1) is 17.7. The molecule has 2 aromatic carbocycles. The topological polar surface area (TPSA) is 42.4 Å². The Morgan fingerprint density at radius 3 is 2.41 bits per heavy atom. The summed E-state index contributed by atoms with van der Waals surface area (Å²) in [6.07, 6.45) is 0.0877. The Morgan fingerprint density at radius 2 is 1.70 bits per heavy atom. The summed E-state index contributed by atoms with van der Waals surface area (Å²) < 4.78 is 5.79. The summed E-state index contributed by atoms with van der Waals surface area (Å²) in [5.74, 6) is 0.0453. The molecule has 1 aromatic heterocycles. The monoisotopic (exact) mass is 360 g/mol. The molecule has 1 fully saturated rings. The Morgan fingerprint density at radius 1 is 1.04 bits per heavy atom. The van der Waals surface area contributed by atoms with Crippen LogP contribution in [0.4, 0.5) is 0 Å². The van der Waals surface area contributed by atoms with Crippen LogP contribution in [-0.2, 0) is 4.74 Å². The molecule has 0 saturated carbocycles. The van der Waals surface area contributed by atoms with Crippen molar-refractivity contribution in [2.75, 3.05) is 13.1 Å². The number of nitrogens with zero attached hydrogens (tertiary/aromatic N) is 2. The molecule has 3 aromatic rings. The van der Waals surface area contributed by atoms with Gasteiger partial charge in [-0.2, -0.15) is 0 Å². The summed E-state index contributed by atoms with van der Waals surface area (Å²) in [4.78, 5) is 20.1. The third-order valence-electron chi connectivity index (χ3n) is 5.00. The lowest BCUT2D eigenvalue weighted by Crippen LogP contribution is -2.48. The Balaban J connectivity index is 1.81. The van der Waals surface area contributed by atoms with Crippen LogP contribution in [0.1, 0.15) is 29.8 Å². The van der Waals surface area contributed by atoms with Gasteiger partial charge in [-0.3, -0.25) is 4.79 Å². The van der Waals surface area contributed by atoms with Crippen LogP contribution in [0.5, 0.6) is 0 Å². The highest BCUT2D eigenvalue weighted by molar-refractivity contribution is 6.07. The molecule has 4 heteroatoms. The molecule has 1 saturated heterocycles. The lowest BCUT2D eigenvalue weighted by atomic mass is 10.0. The van der Waals surface area contributed by atoms with Crippen LogP contribution in [-0.4, -0.2) is 41.1 Å². The predicted octanol–water partition coefficient (Wildman–Crippen LogP) is 4.46. The molecule has 0 radical (unpaired) electrons. The van der Waals surface area contributed by atoms with Crippen molar-refractivity contribution in [2.45, 2.75) is 33.0 Å². The van der Waals surface area contributed by atoms with Crippen molar-refractivity contribution in [1.82, 2.24) is 9.88 Å². The number of fused-ring (bicyclic) bond motifs is 1. The third-order valence-corrected chi connectivity index (χ3v) is 5.00. The van der Waals surface area contributed by atoms with Crippen LogP contribution in [0.25, 0.3) is 22.2 Å². The van der Waals surface area contributed by atoms with Gasteiger partial charge in [-0.25, -0.2) is 4.98 Å². The quantitative estimate of drug-likeness (QED) is 0.678. The summed E-state index contributed by atoms with van der Waals surface area (Å²) in [6, 6.07) is 18.0. The first-order valence-electron chi connectivity index (χ1n) is 9.43. The van der Waals surface area contributed by atoms with E-state index in [4.69, 9.17) is 9.72 Å². The molecule has 2 atom stereocenters. The molecular formula is C23H24N2O2. The fourth-order valence-corrected chi connectivity index (χ4v) is 3.74. The zero-order valence-corrected chi connectivity index (χ0v) is 16.0. The van der Waals surface area contributed by atoms with E-state index in [1.807, 2.05) is 49.1 Å². The van der Waals surface area contributed by atoms with Crippen LogP contribution in [0.2, 0.25) is 0 Å². The van der Waals surface area contributed by atoms with Gasteiger partial charge in [-0.1, -0.05) is 48.0 Å². The molecule has 138 valence electrons. The standard InChI is InChI=1S/C23H24N2O2/c1-15-8-10-18(11-9-15)22-12-20(19-6-4-5-7-21(19)24-22)23(26)25-13-16(2)27-17(3)14-25/h4-12,16-17H,13-14H2,1-3H3/t16-,17-/m0/s1. The van der Waals surface area contributed by atoms with E-state index in [-0.39, 0.29) is 18.1 Å². The Hall–Kier alpha value is -2.72. The number of morpholine rings is 1. The van der Waals surface area contributed by atoms with Gasteiger partial charge in [0.2, 0.25) is 0 Å². The fourth-order valence-electron chi connectivity index (χ4n) is 3.74. The molecule has 1 aliphatic rings. The maximum atomic E-state index is 13.4. The molecule has 0 unspecified atom stereocenters. The van der Waals surface area contributed by atoms with Crippen LogP contribution in [0.3, 0.4) is 0 Å². The summed E-state index contributed by atoms with van der Waals surface area (Å²) >= 11 is 0. The number of amides is 1. The number of ether oxygens (including phenoxy) is 1. The van der Waals surface area contributed by atoms with E-state index >= 15 is 0 Å². The number of rotatable bonds is 2. The molecule has 27 heavy (non-hydrogen) atoms. The van der Waals surface area contributed by atoms with Gasteiger partial charge in [0, 0.05) is 24.0 Å². The number of para-hydroxylation sites is 1. The molecule has 2 heterocycles. The summed E-state index contributed by atoms with van der Waals surface area (Å²) in [7, 11) is 0. The lowest BCUT2D eigenvalue weighted by molar-refractivity contribution is -0.0585. The average molecular weight is 360 g/mol. The van der Waals surface area contributed by atoms with Gasteiger partial charge in [0.25, 0.3) is 5.91 Å². The lowest BCUT2D eigenvalue weighted by Gasteiger charge is -2.35. The number of pyridine rings is 1. The van der Waals surface area contributed by atoms with Gasteiger partial charge < -0.3 is 9.64 Å². The van der Waals surface area contributed by atoms with Crippen molar-refractivity contribution in [3.63, 3.8) is 0 Å². The van der Waals surface area contributed by atoms with Gasteiger partial charge in [0.15, 0.2) is 0 Å². The minimum Gasteiger partial charge on any atom is -0.372 e. The van der Waals surface area contributed by atoms with Crippen molar-refractivity contribution < 1.29 is 9.53 Å². The SMILES string of the molecule is Cc1ccc(-c2cc(C(=O)N3C[C@H](C)O[C@@H](C)C3)c3ccccc3n2)cc1. The minimum atomic E-state index is 0.0439. The maximum Gasteiger partial charge on any atom is 0.254 e. The number of aromatic nitrogens is 1. The minimum absolute atomic E-state index is 0.0439. The van der Waals surface area contributed by atoms with E-state index in [0.717, 1.165) is 22.2 Å². The average Bonchev–Trinajstić information content (AvgIpc) is 2.66. The van der Waals surface area contributed by atoms with E-state index in [9.17, 15) is 4.79 Å². The highest BCUT2D eigenvalue weighted by Gasteiger charge is 2.28. The molecule has 0 bridgehead atoms. The zero-order chi connectivity index (χ0) is 19.0. The van der Waals surface area contributed by atoms with Crippen LogP contribution >= 0.6 is 0 Å². The van der Waals surface area contributed by atoms with Crippen molar-refractivity contribution in [3.8, 4) is 11.3 Å². The normalized spacial score (nSPS) is 20.0. The number of benzene rings is 2. The number of carbonyl (C=O) groups is 1.